The molecule has 0 aromatic carbocycles. The number of hydrogen-bond acceptors (Lipinski definition) is 19. The molecule has 1 aliphatic heterocycles. The Hall–Kier alpha value is -1.34. The Bertz CT molecular complexity index is 1430. The summed E-state index contributed by atoms with van der Waals surface area (Å²) in [6, 6.07) is 0. The highest BCUT2D eigenvalue weighted by Crippen LogP contribution is 2.37. The normalized spacial score (nSPS) is 13.0. The fourth-order valence-corrected chi connectivity index (χ4v) is 4.71. The van der Waals surface area contributed by atoms with E-state index in [-0.39, 0.29) is 83.0 Å². The third kappa shape index (κ3) is 58.8. The van der Waals surface area contributed by atoms with Gasteiger partial charge in [0.25, 0.3) is 11.8 Å². The molecule has 3 amide bonds. The van der Waals surface area contributed by atoms with Gasteiger partial charge in [-0.05, 0) is 38.6 Å². The molecule has 0 bridgehead atoms. The van der Waals surface area contributed by atoms with Gasteiger partial charge < -0.3 is 74.5 Å². The van der Waals surface area contributed by atoms with Crippen molar-refractivity contribution in [3.63, 3.8) is 0 Å². The summed E-state index contributed by atoms with van der Waals surface area (Å²) in [6.07, 6.45) is 2.26. The maximum atomic E-state index is 11.2. The predicted molar refractivity (Wildman–Crippen MR) is 202 cm³/mol. The molecule has 1 saturated heterocycles. The van der Waals surface area contributed by atoms with Crippen LogP contribution in [0.15, 0.2) is 0 Å². The summed E-state index contributed by atoms with van der Waals surface area (Å²) in [5, 5.41) is 3.12. The van der Waals surface area contributed by atoms with Crippen molar-refractivity contribution in [3.05, 3.63) is 0 Å². The van der Waals surface area contributed by atoms with Gasteiger partial charge in [-0.3, -0.25) is 37.0 Å². The van der Waals surface area contributed by atoms with Gasteiger partial charge in [0.2, 0.25) is 5.91 Å². The number of imide groups is 1. The van der Waals surface area contributed by atoms with E-state index >= 15 is 0 Å². The number of carbonyl (C=O) groups is 5. The van der Waals surface area contributed by atoms with Crippen LogP contribution in [-0.4, -0.2) is 142 Å². The SMILES string of the molecule is NCCCOP(=O)(O)O.NOCCCOP(=O)(O)O.O=C(CBr)NCCCOP(=O)(O)O.O=C(CCCOP(=O)(O)O)ON1C(=O)CCC1=O.O=CCCCOP(=O)(O)O. The summed E-state index contributed by atoms with van der Waals surface area (Å²) < 4.78 is 70.8. The number of nitrogens with two attached hydrogens (primary N) is 2. The standard InChI is InChI=1S/C8H12NO8P.C5H11BrNO5P.C4H9O5P.C3H10NO5P.C3H10NO4P/c10-6-3-4-7(11)9(6)17-8(12)2-1-5-16-18(13,14)15;6-4-5(8)7-2-1-3-12-13(9,10)11;5-3-1-2-4-9-10(6,7)8;4-8-2-1-3-9-10(5,6)7;4-2-1-3-8-9(5,6)7/h1-5H2,(H2,13,14,15);1-4H2,(H,7,8)(H2,9,10,11);3H,1-2,4H2,(H2,6,7,8);1-4H2,(H2,5,6,7);1-4H2,(H2,5,6,7). The third-order valence-electron chi connectivity index (χ3n) is 5.01. The molecule has 15 N–H and O–H groups in total. The molecule has 0 saturated carbocycles. The minimum atomic E-state index is -4.55. The van der Waals surface area contributed by atoms with Gasteiger partial charge in [-0.25, -0.2) is 33.5 Å². The number of nitrogens with one attached hydrogen (secondary N) is 1. The second-order valence-electron chi connectivity index (χ2n) is 10.3. The van der Waals surface area contributed by atoms with E-state index in [1.165, 1.54) is 0 Å². The van der Waals surface area contributed by atoms with E-state index < -0.39 is 56.9 Å². The van der Waals surface area contributed by atoms with Gasteiger partial charge in [0.1, 0.15) is 6.29 Å². The van der Waals surface area contributed by atoms with Crippen LogP contribution in [0.4, 0.5) is 0 Å². The number of hydrogen-bond donors (Lipinski definition) is 13. The quantitative estimate of drug-likeness (QED) is 0.0116. The summed E-state index contributed by atoms with van der Waals surface area (Å²) in [4.78, 5) is 144. The van der Waals surface area contributed by atoms with Gasteiger partial charge in [0, 0.05) is 25.8 Å². The first-order valence-corrected chi connectivity index (χ1v) is 25.1. The van der Waals surface area contributed by atoms with Crippen LogP contribution in [0.1, 0.15) is 57.8 Å². The largest absolute Gasteiger partial charge is 0.469 e. The summed E-state index contributed by atoms with van der Waals surface area (Å²) in [7, 11) is -21.8. The van der Waals surface area contributed by atoms with E-state index in [0.29, 0.717) is 50.1 Å². The Balaban J connectivity index is -0.000000336. The van der Waals surface area contributed by atoms with Crippen LogP contribution >= 0.6 is 55.0 Å². The summed E-state index contributed by atoms with van der Waals surface area (Å²) >= 11 is 2.95. The van der Waals surface area contributed by atoms with Crippen molar-refractivity contribution < 1.29 is 128 Å². The lowest BCUT2D eigenvalue weighted by molar-refractivity contribution is -0.197. The number of phosphoric acid groups is 5. The molecule has 37 heteroatoms. The first kappa shape index (κ1) is 65.3. The molecule has 0 atom stereocenters. The number of nitrogens with zero attached hydrogens (tertiary/aromatic N) is 1. The highest BCUT2D eigenvalue weighted by molar-refractivity contribution is 9.09. The van der Waals surface area contributed by atoms with Gasteiger partial charge in [0.05, 0.1) is 51.4 Å². The number of rotatable bonds is 26. The van der Waals surface area contributed by atoms with Crippen LogP contribution in [0.3, 0.4) is 0 Å². The van der Waals surface area contributed by atoms with E-state index in [0.717, 1.165) is 0 Å². The van der Waals surface area contributed by atoms with Crippen molar-refractivity contribution in [3.8, 4) is 0 Å². The van der Waals surface area contributed by atoms with Gasteiger partial charge in [0.15, 0.2) is 0 Å². The fourth-order valence-electron chi connectivity index (χ4n) is 2.68. The molecule has 0 spiro atoms. The minimum absolute atomic E-state index is 0.000163. The Kier molecular flexibility index (Phi) is 40.3. The van der Waals surface area contributed by atoms with Gasteiger partial charge >= 0.3 is 45.1 Å². The number of unbranched alkanes of at least 4 members (excludes halogenated alkanes) is 1. The molecule has 0 aliphatic carbocycles. The summed E-state index contributed by atoms with van der Waals surface area (Å²) in [6.45, 7) is 0.407. The molecule has 0 unspecified atom stereocenters. The predicted octanol–water partition coefficient (Wildman–Crippen LogP) is -1.62. The zero-order valence-electron chi connectivity index (χ0n) is 31.4. The average Bonchev–Trinajstić information content (AvgIpc) is 3.41. The monoisotopic (exact) mass is 1050 g/mol. The van der Waals surface area contributed by atoms with Crippen molar-refractivity contribution in [2.75, 3.05) is 58.1 Å². The number of carbonyl (C=O) groups excluding carboxylic acids is 5. The molecule has 31 nitrogen and oxygen atoms in total. The summed E-state index contributed by atoms with van der Waals surface area (Å²) in [5.41, 5.74) is 5.02. The molecule has 1 fully saturated rings. The van der Waals surface area contributed by atoms with Crippen LogP contribution in [0, 0.1) is 0 Å². The van der Waals surface area contributed by atoms with Crippen LogP contribution in [0.25, 0.3) is 0 Å². The topological polar surface area (TPSA) is 505 Å². The van der Waals surface area contributed by atoms with E-state index in [9.17, 15) is 46.8 Å². The number of amides is 3. The highest BCUT2D eigenvalue weighted by Gasteiger charge is 2.32. The molecule has 0 aromatic heterocycles. The van der Waals surface area contributed by atoms with Crippen molar-refractivity contribution >= 4 is 85.0 Å². The zero-order chi connectivity index (χ0) is 47.5. The summed E-state index contributed by atoms with van der Waals surface area (Å²) in [5.74, 6) is 2.45. The molecule has 60 heavy (non-hydrogen) atoms. The lowest BCUT2D eigenvalue weighted by atomic mass is 10.3. The molecule has 1 rings (SSSR count). The van der Waals surface area contributed by atoms with Crippen molar-refractivity contribution in [1.82, 2.24) is 10.4 Å². The highest BCUT2D eigenvalue weighted by atomic mass is 79.9. The Morgan fingerprint density at radius 3 is 1.40 bits per heavy atom. The third-order valence-corrected chi connectivity index (χ3v) is 8.11. The van der Waals surface area contributed by atoms with Crippen LogP contribution in [0.2, 0.25) is 0 Å². The van der Waals surface area contributed by atoms with E-state index in [4.69, 9.17) is 54.7 Å². The Morgan fingerprint density at radius 2 is 1.03 bits per heavy atom. The van der Waals surface area contributed by atoms with Crippen molar-refractivity contribution in [1.29, 1.82) is 0 Å². The van der Waals surface area contributed by atoms with Crippen LogP contribution in [0.5, 0.6) is 0 Å². The van der Waals surface area contributed by atoms with E-state index in [1.54, 1.807) is 0 Å². The smallest absolute Gasteiger partial charge is 0.355 e. The van der Waals surface area contributed by atoms with E-state index in [2.05, 4.69) is 59.4 Å². The molecule has 1 aliphatic rings. The average molecular weight is 1050 g/mol. The van der Waals surface area contributed by atoms with Crippen molar-refractivity contribution in [2.45, 2.75) is 57.8 Å². The van der Waals surface area contributed by atoms with Gasteiger partial charge in [-0.2, -0.15) is 0 Å². The van der Waals surface area contributed by atoms with Gasteiger partial charge in [-0.15, -0.1) is 5.06 Å². The number of hydroxylamine groups is 2. The molecule has 0 aromatic rings. The molecule has 0 radical (unpaired) electrons. The van der Waals surface area contributed by atoms with Gasteiger partial charge in [-0.1, -0.05) is 15.9 Å². The molecule has 1 heterocycles. The zero-order valence-corrected chi connectivity index (χ0v) is 37.5. The number of alkyl halides is 1. The lowest BCUT2D eigenvalue weighted by Gasteiger charge is -2.12. The lowest BCUT2D eigenvalue weighted by Crippen LogP contribution is -2.32. The second-order valence-corrected chi connectivity index (χ2v) is 17.0. The Morgan fingerprint density at radius 1 is 0.650 bits per heavy atom. The number of aldehydes is 1. The molecular formula is C23H52BrN4O27P5. The maximum Gasteiger partial charge on any atom is 0.469 e. The van der Waals surface area contributed by atoms with Crippen LogP contribution in [-0.2, 0) is 79.1 Å². The second kappa shape index (κ2) is 37.1. The minimum Gasteiger partial charge on any atom is -0.355 e. The fraction of sp³-hybridized carbons (Fsp3) is 0.783. The number of halogens is 1. The van der Waals surface area contributed by atoms with Crippen LogP contribution < -0.4 is 16.9 Å². The number of phosphoric ester groups is 5. The van der Waals surface area contributed by atoms with Crippen molar-refractivity contribution in [2.24, 2.45) is 11.6 Å². The molecular weight excluding hydrogens is 999 g/mol. The first-order valence-electron chi connectivity index (χ1n) is 16.3. The maximum absolute atomic E-state index is 11.2. The first-order chi connectivity index (χ1) is 27.4. The van der Waals surface area contributed by atoms with E-state index in [1.807, 2.05) is 0 Å². The molecule has 358 valence electrons. The Labute approximate surface area is 350 Å².